The van der Waals surface area contributed by atoms with Crippen LogP contribution in [0, 0.1) is 17.8 Å². The first-order valence-electron chi connectivity index (χ1n) is 10.2. The van der Waals surface area contributed by atoms with Crippen LogP contribution in [0.25, 0.3) is 0 Å². The van der Waals surface area contributed by atoms with Gasteiger partial charge in [-0.15, -0.1) is 0 Å². The highest BCUT2D eigenvalue weighted by atomic mass is 16.2. The van der Waals surface area contributed by atoms with E-state index < -0.39 is 0 Å². The summed E-state index contributed by atoms with van der Waals surface area (Å²) in [6, 6.07) is 0.0284. The zero-order valence-corrected chi connectivity index (χ0v) is 15.7. The third kappa shape index (κ3) is 3.64. The van der Waals surface area contributed by atoms with E-state index >= 15 is 0 Å². The van der Waals surface area contributed by atoms with Crippen molar-refractivity contribution in [3.8, 4) is 0 Å². The molecule has 1 atom stereocenters. The molecule has 3 aliphatic rings. The second-order valence-electron chi connectivity index (χ2n) is 8.30. The molecule has 4 rings (SSSR count). The SMILES string of the molecule is Cn1ccnc1C(NC(=O)C1CCN(C(=O)C2CCCC2)CC1)C1CC1. The van der Waals surface area contributed by atoms with E-state index in [1.165, 1.54) is 12.8 Å². The standard InChI is InChI=1S/C20H30N4O2/c1-23-13-10-21-18(23)17(14-6-7-14)22-19(25)15-8-11-24(12-9-15)20(26)16-4-2-3-5-16/h10,13-17H,2-9,11-12H2,1H3,(H,22,25). The van der Waals surface area contributed by atoms with Crippen LogP contribution >= 0.6 is 0 Å². The first kappa shape index (κ1) is 17.6. The number of nitrogens with zero attached hydrogens (tertiary/aromatic N) is 3. The highest BCUT2D eigenvalue weighted by Gasteiger charge is 2.38. The maximum absolute atomic E-state index is 12.8. The molecule has 2 heterocycles. The van der Waals surface area contributed by atoms with E-state index in [1.807, 2.05) is 22.7 Å². The van der Waals surface area contributed by atoms with Crippen LogP contribution in [0.3, 0.4) is 0 Å². The fourth-order valence-electron chi connectivity index (χ4n) is 4.56. The van der Waals surface area contributed by atoms with Crippen molar-refractivity contribution in [1.29, 1.82) is 0 Å². The molecule has 0 spiro atoms. The average molecular weight is 358 g/mol. The van der Waals surface area contributed by atoms with Crippen LogP contribution in [0.15, 0.2) is 12.4 Å². The number of rotatable bonds is 5. The molecule has 1 aromatic rings. The molecule has 1 N–H and O–H groups in total. The molecule has 1 aromatic heterocycles. The Hall–Kier alpha value is -1.85. The van der Waals surface area contributed by atoms with Crippen LogP contribution in [0.5, 0.6) is 0 Å². The molecule has 0 aromatic carbocycles. The monoisotopic (exact) mass is 358 g/mol. The van der Waals surface area contributed by atoms with Gasteiger partial charge in [-0.2, -0.15) is 0 Å². The summed E-state index contributed by atoms with van der Waals surface area (Å²) in [6.07, 6.45) is 12.1. The quantitative estimate of drug-likeness (QED) is 0.879. The van der Waals surface area contributed by atoms with Crippen LogP contribution in [-0.4, -0.2) is 39.4 Å². The van der Waals surface area contributed by atoms with Crippen LogP contribution in [0.1, 0.15) is 63.2 Å². The first-order valence-corrected chi connectivity index (χ1v) is 10.2. The van der Waals surface area contributed by atoms with E-state index in [2.05, 4.69) is 10.3 Å². The lowest BCUT2D eigenvalue weighted by molar-refractivity contribution is -0.139. The summed E-state index contributed by atoms with van der Waals surface area (Å²) in [6.45, 7) is 1.45. The first-order chi connectivity index (χ1) is 12.6. The molecule has 142 valence electrons. The molecule has 2 amide bonds. The summed E-state index contributed by atoms with van der Waals surface area (Å²) in [4.78, 5) is 31.8. The van der Waals surface area contributed by atoms with Gasteiger partial charge in [0.15, 0.2) is 0 Å². The second kappa shape index (κ2) is 7.41. The van der Waals surface area contributed by atoms with E-state index in [0.717, 1.165) is 57.4 Å². The topological polar surface area (TPSA) is 67.2 Å². The number of hydrogen-bond donors (Lipinski definition) is 1. The van der Waals surface area contributed by atoms with E-state index in [1.54, 1.807) is 6.20 Å². The van der Waals surface area contributed by atoms with Gasteiger partial charge in [0.05, 0.1) is 6.04 Å². The maximum Gasteiger partial charge on any atom is 0.225 e. The predicted molar refractivity (Wildman–Crippen MR) is 98.1 cm³/mol. The number of piperidine rings is 1. The van der Waals surface area contributed by atoms with Gasteiger partial charge in [0.25, 0.3) is 0 Å². The lowest BCUT2D eigenvalue weighted by Crippen LogP contribution is -2.45. The second-order valence-corrected chi connectivity index (χ2v) is 8.30. The number of amides is 2. The van der Waals surface area contributed by atoms with Gasteiger partial charge in [0, 0.05) is 44.4 Å². The Kier molecular flexibility index (Phi) is 5.00. The lowest BCUT2D eigenvalue weighted by Gasteiger charge is -2.33. The highest BCUT2D eigenvalue weighted by molar-refractivity contribution is 5.81. The van der Waals surface area contributed by atoms with Crippen molar-refractivity contribution in [3.63, 3.8) is 0 Å². The van der Waals surface area contributed by atoms with E-state index in [9.17, 15) is 9.59 Å². The molecule has 2 saturated carbocycles. The molecular weight excluding hydrogens is 328 g/mol. The van der Waals surface area contributed by atoms with Gasteiger partial charge >= 0.3 is 0 Å². The molecule has 2 aliphatic carbocycles. The average Bonchev–Trinajstić information content (AvgIpc) is 3.17. The molecule has 6 heteroatoms. The van der Waals surface area contributed by atoms with Crippen molar-refractivity contribution in [2.75, 3.05) is 13.1 Å². The van der Waals surface area contributed by atoms with E-state index in [-0.39, 0.29) is 23.8 Å². The third-order valence-corrected chi connectivity index (χ3v) is 6.41. The number of carbonyl (C=O) groups excluding carboxylic acids is 2. The number of hydrogen-bond acceptors (Lipinski definition) is 3. The van der Waals surface area contributed by atoms with Crippen molar-refractivity contribution >= 4 is 11.8 Å². The minimum absolute atomic E-state index is 0.0177. The minimum atomic E-state index is 0.0177. The Bertz CT molecular complexity index is 653. The van der Waals surface area contributed by atoms with Gasteiger partial charge in [-0.05, 0) is 44.4 Å². The Morgan fingerprint density at radius 2 is 1.77 bits per heavy atom. The number of aryl methyl sites for hydroxylation is 1. The van der Waals surface area contributed by atoms with Gasteiger partial charge in [-0.25, -0.2) is 4.98 Å². The lowest BCUT2D eigenvalue weighted by atomic mass is 9.94. The number of nitrogens with one attached hydrogen (secondary N) is 1. The summed E-state index contributed by atoms with van der Waals surface area (Å²) >= 11 is 0. The Morgan fingerprint density at radius 1 is 1.08 bits per heavy atom. The van der Waals surface area contributed by atoms with Crippen molar-refractivity contribution in [2.45, 2.75) is 57.4 Å². The molecule has 1 saturated heterocycles. The van der Waals surface area contributed by atoms with Crippen molar-refractivity contribution in [1.82, 2.24) is 19.8 Å². The Labute approximate surface area is 155 Å². The van der Waals surface area contributed by atoms with Gasteiger partial charge in [-0.3, -0.25) is 9.59 Å². The summed E-state index contributed by atoms with van der Waals surface area (Å²) in [5.41, 5.74) is 0. The van der Waals surface area contributed by atoms with Gasteiger partial charge in [0.1, 0.15) is 5.82 Å². The number of imidazole rings is 1. The Balaban J connectivity index is 1.32. The number of aromatic nitrogens is 2. The molecule has 1 unspecified atom stereocenters. The smallest absolute Gasteiger partial charge is 0.225 e. The fraction of sp³-hybridized carbons (Fsp3) is 0.750. The van der Waals surface area contributed by atoms with Crippen LogP contribution in [0.2, 0.25) is 0 Å². The molecular formula is C20H30N4O2. The van der Waals surface area contributed by atoms with Crippen LogP contribution in [-0.2, 0) is 16.6 Å². The molecule has 6 nitrogen and oxygen atoms in total. The van der Waals surface area contributed by atoms with Crippen molar-refractivity contribution in [3.05, 3.63) is 18.2 Å². The molecule has 1 aliphatic heterocycles. The third-order valence-electron chi connectivity index (χ3n) is 6.41. The number of carbonyl (C=O) groups is 2. The van der Waals surface area contributed by atoms with Gasteiger partial charge < -0.3 is 14.8 Å². The normalized spacial score (nSPS) is 23.2. The van der Waals surface area contributed by atoms with E-state index in [4.69, 9.17) is 0 Å². The molecule has 26 heavy (non-hydrogen) atoms. The molecule has 0 radical (unpaired) electrons. The minimum Gasteiger partial charge on any atom is -0.346 e. The largest absolute Gasteiger partial charge is 0.346 e. The molecule has 3 fully saturated rings. The summed E-state index contributed by atoms with van der Waals surface area (Å²) in [5, 5.41) is 3.27. The predicted octanol–water partition coefficient (Wildman–Crippen LogP) is 2.42. The Morgan fingerprint density at radius 3 is 2.35 bits per heavy atom. The van der Waals surface area contributed by atoms with Gasteiger partial charge in [0.2, 0.25) is 11.8 Å². The summed E-state index contributed by atoms with van der Waals surface area (Å²) in [7, 11) is 1.98. The summed E-state index contributed by atoms with van der Waals surface area (Å²) in [5.74, 6) is 2.19. The zero-order chi connectivity index (χ0) is 18.1. The highest BCUT2D eigenvalue weighted by Crippen LogP contribution is 2.40. The van der Waals surface area contributed by atoms with Crippen molar-refractivity contribution in [2.24, 2.45) is 24.8 Å². The summed E-state index contributed by atoms with van der Waals surface area (Å²) < 4.78 is 2.01. The fourth-order valence-corrected chi connectivity index (χ4v) is 4.56. The maximum atomic E-state index is 12.8. The van der Waals surface area contributed by atoms with Crippen molar-refractivity contribution < 1.29 is 9.59 Å². The van der Waals surface area contributed by atoms with Crippen LogP contribution in [0.4, 0.5) is 0 Å². The van der Waals surface area contributed by atoms with Crippen LogP contribution < -0.4 is 5.32 Å². The van der Waals surface area contributed by atoms with E-state index in [0.29, 0.717) is 11.8 Å². The number of likely N-dealkylation sites (tertiary alicyclic amines) is 1. The van der Waals surface area contributed by atoms with Gasteiger partial charge in [-0.1, -0.05) is 12.8 Å². The molecule has 0 bridgehead atoms. The zero-order valence-electron chi connectivity index (χ0n) is 15.7.